The zero-order valence-corrected chi connectivity index (χ0v) is 13.9. The number of hydrogen-bond donors (Lipinski definition) is 1. The van der Waals surface area contributed by atoms with Crippen LogP contribution in [0.15, 0.2) is 67.0 Å². The minimum atomic E-state index is 0.519. The van der Waals surface area contributed by atoms with Crippen LogP contribution < -0.4 is 10.6 Å². The summed E-state index contributed by atoms with van der Waals surface area (Å²) in [7, 11) is 0. The van der Waals surface area contributed by atoms with Gasteiger partial charge in [0.25, 0.3) is 0 Å². The molecule has 0 aliphatic rings. The van der Waals surface area contributed by atoms with Gasteiger partial charge >= 0.3 is 0 Å². The number of para-hydroxylation sites is 2. The predicted octanol–water partition coefficient (Wildman–Crippen LogP) is 5.62. The van der Waals surface area contributed by atoms with Crippen molar-refractivity contribution in [3.05, 3.63) is 72.6 Å². The normalized spacial score (nSPS) is 8.62. The zero-order valence-electron chi connectivity index (χ0n) is 13.9. The maximum absolute atomic E-state index is 5.90. The lowest BCUT2D eigenvalue weighted by molar-refractivity contribution is 1.12. The molecule has 0 radical (unpaired) electrons. The SMILES string of the molecule is C=C(N)N(c1ccccc1)c1ccccc1C.CC.CC. The van der Waals surface area contributed by atoms with Crippen molar-refractivity contribution in [3.8, 4) is 0 Å². The molecule has 0 aromatic heterocycles. The maximum atomic E-state index is 5.90. The first-order valence-electron chi connectivity index (χ1n) is 7.55. The van der Waals surface area contributed by atoms with Gasteiger partial charge in [-0.3, -0.25) is 4.90 Å². The highest BCUT2D eigenvalue weighted by molar-refractivity contribution is 5.70. The molecule has 0 unspecified atom stereocenters. The van der Waals surface area contributed by atoms with Crippen LogP contribution in [-0.2, 0) is 0 Å². The molecule has 0 saturated heterocycles. The third-order valence-corrected chi connectivity index (χ3v) is 2.66. The largest absolute Gasteiger partial charge is 0.385 e. The summed E-state index contributed by atoms with van der Waals surface area (Å²) in [5, 5.41) is 0. The van der Waals surface area contributed by atoms with E-state index in [2.05, 4.69) is 19.6 Å². The molecule has 0 atom stereocenters. The van der Waals surface area contributed by atoms with Crippen LogP contribution in [-0.4, -0.2) is 0 Å². The van der Waals surface area contributed by atoms with E-state index in [1.165, 1.54) is 5.56 Å². The van der Waals surface area contributed by atoms with Crippen molar-refractivity contribution in [2.24, 2.45) is 5.73 Å². The lowest BCUT2D eigenvalue weighted by Gasteiger charge is -2.25. The minimum Gasteiger partial charge on any atom is -0.385 e. The van der Waals surface area contributed by atoms with Crippen molar-refractivity contribution >= 4 is 11.4 Å². The summed E-state index contributed by atoms with van der Waals surface area (Å²) in [4.78, 5) is 1.95. The summed E-state index contributed by atoms with van der Waals surface area (Å²) >= 11 is 0. The van der Waals surface area contributed by atoms with Crippen LogP contribution in [0.4, 0.5) is 11.4 Å². The molecule has 0 spiro atoms. The Morgan fingerprint density at radius 1 is 0.857 bits per heavy atom. The fraction of sp³-hybridized carbons (Fsp3) is 0.263. The Morgan fingerprint density at radius 3 is 1.81 bits per heavy atom. The molecule has 2 heteroatoms. The Labute approximate surface area is 129 Å². The van der Waals surface area contributed by atoms with Crippen LogP contribution >= 0.6 is 0 Å². The van der Waals surface area contributed by atoms with Gasteiger partial charge in [-0.15, -0.1) is 0 Å². The fourth-order valence-electron chi connectivity index (χ4n) is 1.85. The first-order chi connectivity index (χ1) is 10.2. The van der Waals surface area contributed by atoms with Crippen molar-refractivity contribution in [2.75, 3.05) is 4.90 Å². The molecule has 114 valence electrons. The quantitative estimate of drug-likeness (QED) is 0.793. The highest BCUT2D eigenvalue weighted by atomic mass is 15.2. The second-order valence-corrected chi connectivity index (χ2v) is 3.95. The smallest absolute Gasteiger partial charge is 0.100 e. The number of nitrogens with zero attached hydrogens (tertiary/aromatic N) is 1. The average molecular weight is 284 g/mol. The standard InChI is InChI=1S/C15H16N2.2C2H6/c1-12-8-6-7-11-15(12)17(13(2)16)14-9-4-3-5-10-14;2*1-2/h3-11H,2,16H2,1H3;2*1-2H3. The van der Waals surface area contributed by atoms with Crippen molar-refractivity contribution in [3.63, 3.8) is 0 Å². The number of hydrogen-bond acceptors (Lipinski definition) is 2. The highest BCUT2D eigenvalue weighted by Gasteiger charge is 2.11. The van der Waals surface area contributed by atoms with E-state index in [1.807, 2.05) is 81.1 Å². The molecule has 2 nitrogen and oxygen atoms in total. The number of benzene rings is 2. The zero-order chi connectivity index (χ0) is 16.3. The molecule has 0 aliphatic carbocycles. The van der Waals surface area contributed by atoms with Crippen molar-refractivity contribution in [1.29, 1.82) is 0 Å². The third-order valence-electron chi connectivity index (χ3n) is 2.66. The van der Waals surface area contributed by atoms with E-state index in [0.29, 0.717) is 5.82 Å². The summed E-state index contributed by atoms with van der Waals surface area (Å²) in [6.45, 7) is 13.9. The van der Waals surface area contributed by atoms with Gasteiger partial charge in [-0.1, -0.05) is 70.7 Å². The molecule has 0 fully saturated rings. The molecule has 2 aromatic carbocycles. The van der Waals surface area contributed by atoms with Gasteiger partial charge in [0.2, 0.25) is 0 Å². The minimum absolute atomic E-state index is 0.519. The number of nitrogens with two attached hydrogens (primary N) is 1. The summed E-state index contributed by atoms with van der Waals surface area (Å²) in [6.07, 6.45) is 0. The molecule has 0 bridgehead atoms. The van der Waals surface area contributed by atoms with Gasteiger partial charge in [0, 0.05) is 5.69 Å². The second kappa shape index (κ2) is 10.6. The van der Waals surface area contributed by atoms with E-state index in [-0.39, 0.29) is 0 Å². The van der Waals surface area contributed by atoms with Gasteiger partial charge in [-0.05, 0) is 30.7 Å². The first-order valence-corrected chi connectivity index (χ1v) is 7.55. The molecular weight excluding hydrogens is 256 g/mol. The van der Waals surface area contributed by atoms with E-state index >= 15 is 0 Å². The number of rotatable bonds is 3. The Kier molecular flexibility index (Phi) is 9.44. The summed E-state index contributed by atoms with van der Waals surface area (Å²) in [5.41, 5.74) is 9.15. The van der Waals surface area contributed by atoms with Crippen molar-refractivity contribution in [1.82, 2.24) is 0 Å². The molecule has 2 rings (SSSR count). The number of aryl methyl sites for hydroxylation is 1. The Balaban J connectivity index is 0.000000921. The Bertz CT molecular complexity index is 518. The van der Waals surface area contributed by atoms with E-state index in [1.54, 1.807) is 0 Å². The molecule has 0 aliphatic heterocycles. The van der Waals surface area contributed by atoms with Gasteiger partial charge in [0.05, 0.1) is 5.69 Å². The van der Waals surface area contributed by atoms with E-state index in [0.717, 1.165) is 11.4 Å². The molecule has 0 amide bonds. The Morgan fingerprint density at radius 2 is 1.33 bits per heavy atom. The monoisotopic (exact) mass is 284 g/mol. The van der Waals surface area contributed by atoms with Gasteiger partial charge in [-0.25, -0.2) is 0 Å². The van der Waals surface area contributed by atoms with Crippen LogP contribution in [0.3, 0.4) is 0 Å². The molecule has 2 aromatic rings. The van der Waals surface area contributed by atoms with Crippen LogP contribution in [0, 0.1) is 6.92 Å². The third kappa shape index (κ3) is 5.35. The lowest BCUT2D eigenvalue weighted by atomic mass is 10.1. The van der Waals surface area contributed by atoms with Gasteiger partial charge in [-0.2, -0.15) is 0 Å². The molecule has 0 heterocycles. The van der Waals surface area contributed by atoms with Crippen molar-refractivity contribution in [2.45, 2.75) is 34.6 Å². The maximum Gasteiger partial charge on any atom is 0.100 e. The van der Waals surface area contributed by atoms with Gasteiger partial charge in [0.15, 0.2) is 0 Å². The molecule has 2 N–H and O–H groups in total. The van der Waals surface area contributed by atoms with E-state index in [9.17, 15) is 0 Å². The molecule has 0 saturated carbocycles. The molecule has 21 heavy (non-hydrogen) atoms. The Hall–Kier alpha value is -2.22. The van der Waals surface area contributed by atoms with Crippen LogP contribution in [0.2, 0.25) is 0 Å². The summed E-state index contributed by atoms with van der Waals surface area (Å²) < 4.78 is 0. The van der Waals surface area contributed by atoms with Crippen molar-refractivity contribution < 1.29 is 0 Å². The summed E-state index contributed by atoms with van der Waals surface area (Å²) in [6, 6.07) is 18.1. The summed E-state index contributed by atoms with van der Waals surface area (Å²) in [5.74, 6) is 0.519. The van der Waals surface area contributed by atoms with Gasteiger partial charge in [0.1, 0.15) is 5.82 Å². The van der Waals surface area contributed by atoms with E-state index in [4.69, 9.17) is 5.73 Å². The van der Waals surface area contributed by atoms with E-state index < -0.39 is 0 Å². The average Bonchev–Trinajstić information content (AvgIpc) is 2.54. The topological polar surface area (TPSA) is 29.3 Å². The fourth-order valence-corrected chi connectivity index (χ4v) is 1.85. The highest BCUT2D eigenvalue weighted by Crippen LogP contribution is 2.29. The van der Waals surface area contributed by atoms with Crippen LogP contribution in [0.1, 0.15) is 33.3 Å². The first kappa shape index (κ1) is 18.8. The van der Waals surface area contributed by atoms with Gasteiger partial charge < -0.3 is 5.73 Å². The van der Waals surface area contributed by atoms with Crippen LogP contribution in [0.5, 0.6) is 0 Å². The predicted molar refractivity (Wildman–Crippen MR) is 95.8 cm³/mol. The molecular formula is C19H28N2. The lowest BCUT2D eigenvalue weighted by Crippen LogP contribution is -2.22. The second-order valence-electron chi connectivity index (χ2n) is 3.95. The van der Waals surface area contributed by atoms with Crippen LogP contribution in [0.25, 0.3) is 0 Å². The number of anilines is 2.